The molecule has 2 saturated heterocycles. The lowest BCUT2D eigenvalue weighted by Gasteiger charge is -2.41. The number of piperidine rings is 2. The van der Waals surface area contributed by atoms with Crippen LogP contribution in [-0.4, -0.2) is 63.7 Å². The highest BCUT2D eigenvalue weighted by molar-refractivity contribution is 5.39. The lowest BCUT2D eigenvalue weighted by Crippen LogP contribution is -2.46. The standard InChI is InChI=1S/C18H27N5O/c1-13-11-17-19-16(12-18(24)23(17)20-13)14-3-9-22(10-4-14)15-5-7-21(2)8-6-15/h11-12,14-15,20H,3-10H2,1-2H3. The first kappa shape index (κ1) is 15.8. The zero-order chi connectivity index (χ0) is 16.7. The summed E-state index contributed by atoms with van der Waals surface area (Å²) in [5.41, 5.74) is 2.68. The van der Waals surface area contributed by atoms with Gasteiger partial charge in [-0.3, -0.25) is 9.89 Å². The summed E-state index contributed by atoms with van der Waals surface area (Å²) in [4.78, 5) is 22.1. The number of aromatic nitrogens is 3. The summed E-state index contributed by atoms with van der Waals surface area (Å²) in [7, 11) is 2.21. The van der Waals surface area contributed by atoms with E-state index in [2.05, 4.69) is 21.9 Å². The second-order valence-electron chi connectivity index (χ2n) is 7.50. The quantitative estimate of drug-likeness (QED) is 0.909. The molecule has 0 unspecified atom stereocenters. The van der Waals surface area contributed by atoms with Crippen LogP contribution in [0.4, 0.5) is 0 Å². The molecule has 2 aromatic heterocycles. The smallest absolute Gasteiger partial charge is 0.272 e. The van der Waals surface area contributed by atoms with Gasteiger partial charge in [-0.25, -0.2) is 9.50 Å². The van der Waals surface area contributed by atoms with Gasteiger partial charge >= 0.3 is 0 Å². The Morgan fingerprint density at radius 2 is 1.79 bits per heavy atom. The summed E-state index contributed by atoms with van der Waals surface area (Å²) in [5.74, 6) is 0.417. The van der Waals surface area contributed by atoms with E-state index in [1.807, 2.05) is 13.0 Å². The molecule has 24 heavy (non-hydrogen) atoms. The minimum Gasteiger partial charge on any atom is -0.306 e. The van der Waals surface area contributed by atoms with E-state index in [0.29, 0.717) is 5.92 Å². The van der Waals surface area contributed by atoms with Gasteiger partial charge in [0.05, 0.1) is 5.69 Å². The van der Waals surface area contributed by atoms with E-state index in [-0.39, 0.29) is 5.56 Å². The summed E-state index contributed by atoms with van der Waals surface area (Å²) >= 11 is 0. The first-order chi connectivity index (χ1) is 11.6. The maximum atomic E-state index is 12.3. The molecule has 0 aliphatic carbocycles. The van der Waals surface area contributed by atoms with Gasteiger partial charge in [0.15, 0.2) is 5.65 Å². The Balaban J connectivity index is 1.45. The number of hydrogen-bond acceptors (Lipinski definition) is 4. The Kier molecular flexibility index (Phi) is 4.18. The van der Waals surface area contributed by atoms with Gasteiger partial charge in [0.2, 0.25) is 0 Å². The molecule has 6 nitrogen and oxygen atoms in total. The second-order valence-corrected chi connectivity index (χ2v) is 7.50. The number of nitrogens with zero attached hydrogens (tertiary/aromatic N) is 4. The molecular weight excluding hydrogens is 302 g/mol. The third kappa shape index (κ3) is 3.00. The van der Waals surface area contributed by atoms with Gasteiger partial charge in [0.25, 0.3) is 5.56 Å². The summed E-state index contributed by atoms with van der Waals surface area (Å²) in [6, 6.07) is 4.41. The minimum absolute atomic E-state index is 0.000785. The van der Waals surface area contributed by atoms with Gasteiger partial charge in [0.1, 0.15) is 0 Å². The van der Waals surface area contributed by atoms with Crippen LogP contribution in [0.5, 0.6) is 0 Å². The predicted molar refractivity (Wildman–Crippen MR) is 94.6 cm³/mol. The van der Waals surface area contributed by atoms with Crippen LogP contribution in [0.2, 0.25) is 0 Å². The highest BCUT2D eigenvalue weighted by Gasteiger charge is 2.28. The third-order valence-electron chi connectivity index (χ3n) is 5.75. The molecule has 130 valence electrons. The van der Waals surface area contributed by atoms with Crippen LogP contribution < -0.4 is 5.56 Å². The number of nitrogens with one attached hydrogen (secondary N) is 1. The molecule has 0 saturated carbocycles. The van der Waals surface area contributed by atoms with E-state index in [9.17, 15) is 4.79 Å². The summed E-state index contributed by atoms with van der Waals surface area (Å²) < 4.78 is 1.53. The van der Waals surface area contributed by atoms with Crippen molar-refractivity contribution in [2.24, 2.45) is 0 Å². The lowest BCUT2D eigenvalue weighted by molar-refractivity contribution is 0.0962. The molecule has 2 aliphatic heterocycles. The van der Waals surface area contributed by atoms with Gasteiger partial charge in [-0.2, -0.15) is 0 Å². The monoisotopic (exact) mass is 329 g/mol. The molecule has 2 aliphatic rings. The third-order valence-corrected chi connectivity index (χ3v) is 5.75. The Bertz CT molecular complexity index is 763. The number of rotatable bonds is 2. The van der Waals surface area contributed by atoms with Crippen molar-refractivity contribution in [2.75, 3.05) is 33.2 Å². The molecule has 1 N–H and O–H groups in total. The Morgan fingerprint density at radius 3 is 2.50 bits per heavy atom. The normalized spacial score (nSPS) is 22.4. The Morgan fingerprint density at radius 1 is 1.08 bits per heavy atom. The second kappa shape index (κ2) is 6.33. The molecule has 0 amide bonds. The maximum Gasteiger partial charge on any atom is 0.272 e. The molecule has 0 atom stereocenters. The van der Waals surface area contributed by atoms with Crippen molar-refractivity contribution in [2.45, 2.75) is 44.6 Å². The van der Waals surface area contributed by atoms with Gasteiger partial charge in [-0.15, -0.1) is 0 Å². The van der Waals surface area contributed by atoms with Crippen molar-refractivity contribution in [1.29, 1.82) is 0 Å². The van der Waals surface area contributed by atoms with E-state index < -0.39 is 0 Å². The SMILES string of the molecule is Cc1cc2nc(C3CCN(C4CCN(C)CC4)CC3)cc(=O)n2[nH]1. The number of aryl methyl sites for hydroxylation is 1. The minimum atomic E-state index is 0.000785. The first-order valence-corrected chi connectivity index (χ1v) is 9.12. The van der Waals surface area contributed by atoms with E-state index >= 15 is 0 Å². The maximum absolute atomic E-state index is 12.3. The van der Waals surface area contributed by atoms with Crippen LogP contribution in [0.3, 0.4) is 0 Å². The number of H-pyrrole nitrogens is 1. The molecule has 0 bridgehead atoms. The van der Waals surface area contributed by atoms with Gasteiger partial charge < -0.3 is 9.80 Å². The van der Waals surface area contributed by atoms with E-state index in [1.165, 1.54) is 30.4 Å². The largest absolute Gasteiger partial charge is 0.306 e. The number of fused-ring (bicyclic) bond motifs is 1. The molecule has 0 spiro atoms. The van der Waals surface area contributed by atoms with Crippen molar-refractivity contribution in [1.82, 2.24) is 24.4 Å². The molecular formula is C18H27N5O. The van der Waals surface area contributed by atoms with Crippen LogP contribution in [0, 0.1) is 6.92 Å². The molecule has 2 aromatic rings. The highest BCUT2D eigenvalue weighted by atomic mass is 16.1. The number of likely N-dealkylation sites (tertiary alicyclic amines) is 2. The van der Waals surface area contributed by atoms with Gasteiger partial charge in [-0.1, -0.05) is 0 Å². The van der Waals surface area contributed by atoms with Crippen LogP contribution in [0.15, 0.2) is 16.9 Å². The zero-order valence-electron chi connectivity index (χ0n) is 14.7. The van der Waals surface area contributed by atoms with Crippen molar-refractivity contribution in [3.8, 4) is 0 Å². The molecule has 0 radical (unpaired) electrons. The van der Waals surface area contributed by atoms with Gasteiger partial charge in [-0.05, 0) is 65.8 Å². The van der Waals surface area contributed by atoms with Crippen LogP contribution in [0.25, 0.3) is 5.65 Å². The zero-order valence-corrected chi connectivity index (χ0v) is 14.7. The molecule has 0 aromatic carbocycles. The van der Waals surface area contributed by atoms with E-state index in [1.54, 1.807) is 6.07 Å². The first-order valence-electron chi connectivity index (χ1n) is 9.12. The lowest BCUT2D eigenvalue weighted by atomic mass is 9.91. The predicted octanol–water partition coefficient (Wildman–Crippen LogP) is 1.60. The molecule has 2 fully saturated rings. The van der Waals surface area contributed by atoms with Crippen molar-refractivity contribution < 1.29 is 0 Å². The topological polar surface area (TPSA) is 56.6 Å². The molecule has 4 heterocycles. The van der Waals surface area contributed by atoms with Crippen LogP contribution in [-0.2, 0) is 0 Å². The molecule has 4 rings (SSSR count). The van der Waals surface area contributed by atoms with E-state index in [0.717, 1.165) is 49.0 Å². The van der Waals surface area contributed by atoms with Crippen LogP contribution >= 0.6 is 0 Å². The number of aromatic amines is 1. The van der Waals surface area contributed by atoms with Crippen LogP contribution in [0.1, 0.15) is 43.0 Å². The fourth-order valence-corrected chi connectivity index (χ4v) is 4.26. The highest BCUT2D eigenvalue weighted by Crippen LogP contribution is 2.29. The fraction of sp³-hybridized carbons (Fsp3) is 0.667. The van der Waals surface area contributed by atoms with Crippen molar-refractivity contribution in [3.05, 3.63) is 33.9 Å². The summed E-state index contributed by atoms with van der Waals surface area (Å²) in [5, 5.41) is 3.04. The fourth-order valence-electron chi connectivity index (χ4n) is 4.26. The number of hydrogen-bond donors (Lipinski definition) is 1. The van der Waals surface area contributed by atoms with Crippen molar-refractivity contribution in [3.63, 3.8) is 0 Å². The Hall–Kier alpha value is -1.66. The molecule has 6 heteroatoms. The van der Waals surface area contributed by atoms with E-state index in [4.69, 9.17) is 4.98 Å². The summed E-state index contributed by atoms with van der Waals surface area (Å²) in [6.45, 7) is 6.64. The average Bonchev–Trinajstić information content (AvgIpc) is 2.97. The summed E-state index contributed by atoms with van der Waals surface area (Å²) in [6.07, 6.45) is 4.79. The van der Waals surface area contributed by atoms with Crippen molar-refractivity contribution >= 4 is 5.65 Å². The van der Waals surface area contributed by atoms with Gasteiger partial charge in [0, 0.05) is 29.8 Å². The Labute approximate surface area is 142 Å². The average molecular weight is 329 g/mol.